The Balaban J connectivity index is 2.45. The Kier molecular flexibility index (Phi) is 7.13. The van der Waals surface area contributed by atoms with Crippen LogP contribution in [0.3, 0.4) is 0 Å². The van der Waals surface area contributed by atoms with Crippen LogP contribution in [0, 0.1) is 7.14 Å². The summed E-state index contributed by atoms with van der Waals surface area (Å²) in [5, 5.41) is 0. The van der Waals surface area contributed by atoms with Crippen LogP contribution in [0.25, 0.3) is 0 Å². The van der Waals surface area contributed by atoms with Crippen molar-refractivity contribution in [2.45, 2.75) is 79.1 Å². The average Bonchev–Trinajstić information content (AvgIpc) is 2.54. The lowest BCUT2D eigenvalue weighted by Crippen LogP contribution is -3.62. The Morgan fingerprint density at radius 2 is 0.880 bits per heavy atom. The summed E-state index contributed by atoms with van der Waals surface area (Å²) in [7, 11) is 0. The third-order valence-corrected chi connectivity index (χ3v) is 7.95. The maximum absolute atomic E-state index is 2.46. The maximum atomic E-state index is 2.46. The molecule has 0 aliphatic rings. The molecule has 0 bridgehead atoms. The molecule has 0 unspecified atom stereocenters. The van der Waals surface area contributed by atoms with Crippen molar-refractivity contribution in [2.24, 2.45) is 0 Å². The van der Waals surface area contributed by atoms with Gasteiger partial charge in [-0.1, -0.05) is 79.7 Å². The minimum absolute atomic E-state index is 0.147. The van der Waals surface area contributed by atoms with Gasteiger partial charge in [-0.15, -0.1) is 0 Å². The van der Waals surface area contributed by atoms with Gasteiger partial charge in [0, 0.05) is 11.1 Å². The highest BCUT2D eigenvalue weighted by molar-refractivity contribution is 5.29. The van der Waals surface area contributed by atoms with Gasteiger partial charge in [0.25, 0.3) is 0 Å². The van der Waals surface area contributed by atoms with Crippen LogP contribution in [0.15, 0.2) is 36.4 Å². The van der Waals surface area contributed by atoms with E-state index in [1.165, 1.54) is 11.1 Å². The molecule has 0 aliphatic heterocycles. The fourth-order valence-corrected chi connectivity index (χ4v) is 6.53. The quantitative estimate of drug-likeness (QED) is 0.577. The molecule has 2 aromatic carbocycles. The highest BCUT2D eigenvalue weighted by atomic mass is 127. The first-order chi connectivity index (χ1) is 11.7. The monoisotopic (exact) mass is 449 g/mol. The van der Waals surface area contributed by atoms with Crippen LogP contribution in [0.5, 0.6) is 0 Å². The highest BCUT2D eigenvalue weighted by Crippen LogP contribution is 2.22. The molecule has 0 spiro atoms. The van der Waals surface area contributed by atoms with Gasteiger partial charge in [-0.3, -0.25) is 0 Å². The molecule has 0 amide bonds. The van der Waals surface area contributed by atoms with Gasteiger partial charge in [0.2, 0.25) is 0 Å². The molecule has 1 heteroatoms. The molecule has 2 rings (SSSR count). The second-order valence-corrected chi connectivity index (χ2v) is 11.1. The van der Waals surface area contributed by atoms with Gasteiger partial charge in [-0.2, -0.15) is 0 Å². The SMILES string of the molecule is CC(C)c1ccc([I+]c2ccc(C(C)C)cc2C(C)C)c(C(C)C)c1. The lowest BCUT2D eigenvalue weighted by Gasteiger charge is -2.13. The Labute approximate surface area is 165 Å². The summed E-state index contributed by atoms with van der Waals surface area (Å²) in [5.74, 6) is 2.37. The van der Waals surface area contributed by atoms with Gasteiger partial charge in [0.05, 0.1) is 0 Å². The fraction of sp³-hybridized carbons (Fsp3) is 0.500. The van der Waals surface area contributed by atoms with Crippen LogP contribution in [0.1, 0.15) is 101 Å². The molecule has 0 atom stereocenters. The lowest BCUT2D eigenvalue weighted by molar-refractivity contribution is -0.599. The van der Waals surface area contributed by atoms with Crippen molar-refractivity contribution in [1.82, 2.24) is 0 Å². The zero-order chi connectivity index (χ0) is 18.7. The first kappa shape index (κ1) is 20.5. The predicted molar refractivity (Wildman–Crippen MR) is 107 cm³/mol. The Morgan fingerprint density at radius 3 is 1.16 bits per heavy atom. The average molecular weight is 449 g/mol. The molecule has 0 fully saturated rings. The number of benzene rings is 2. The smallest absolute Gasteiger partial charge is 0.0587 e. The van der Waals surface area contributed by atoms with Crippen LogP contribution in [-0.2, 0) is 0 Å². The largest absolute Gasteiger partial charge is 0.358 e. The van der Waals surface area contributed by atoms with Crippen molar-refractivity contribution in [3.63, 3.8) is 0 Å². The Bertz CT molecular complexity index is 647. The van der Waals surface area contributed by atoms with Gasteiger partial charge in [0.15, 0.2) is 7.14 Å². The summed E-state index contributed by atoms with van der Waals surface area (Å²) in [6.07, 6.45) is 0. The van der Waals surface area contributed by atoms with Crippen LogP contribution >= 0.6 is 0 Å². The van der Waals surface area contributed by atoms with Crippen LogP contribution in [0.2, 0.25) is 0 Å². The van der Waals surface area contributed by atoms with Crippen molar-refractivity contribution >= 4 is 0 Å². The molecule has 0 nitrogen and oxygen atoms in total. The van der Waals surface area contributed by atoms with Crippen LogP contribution < -0.4 is 21.2 Å². The number of hydrogen-bond donors (Lipinski definition) is 0. The predicted octanol–water partition coefficient (Wildman–Crippen LogP) is 4.31. The molecule has 0 saturated carbocycles. The van der Waals surface area contributed by atoms with Gasteiger partial charge in [-0.05, 0) is 46.9 Å². The van der Waals surface area contributed by atoms with E-state index in [9.17, 15) is 0 Å². The van der Waals surface area contributed by atoms with E-state index in [4.69, 9.17) is 0 Å². The summed E-state index contributed by atoms with van der Waals surface area (Å²) in [6.45, 7) is 18.5. The molecule has 0 radical (unpaired) electrons. The van der Waals surface area contributed by atoms with Gasteiger partial charge in [0.1, 0.15) is 0 Å². The summed E-state index contributed by atoms with van der Waals surface area (Å²) in [6, 6.07) is 14.5. The highest BCUT2D eigenvalue weighted by Gasteiger charge is 2.26. The van der Waals surface area contributed by atoms with E-state index in [1.54, 1.807) is 18.3 Å². The van der Waals surface area contributed by atoms with Crippen molar-refractivity contribution in [1.29, 1.82) is 0 Å². The minimum Gasteiger partial charge on any atom is -0.0587 e. The third kappa shape index (κ3) is 5.09. The molecule has 0 aromatic heterocycles. The maximum Gasteiger partial charge on any atom is 0.358 e. The fourth-order valence-electron chi connectivity index (χ4n) is 3.01. The summed E-state index contributed by atoms with van der Waals surface area (Å²) in [4.78, 5) is 0. The molecule has 0 N–H and O–H groups in total. The van der Waals surface area contributed by atoms with E-state index in [0.29, 0.717) is 23.7 Å². The molecule has 2 aromatic rings. The Hall–Kier alpha value is -0.830. The zero-order valence-electron chi connectivity index (χ0n) is 17.2. The standard InChI is InChI=1S/C24H34I/c1-15(2)19-9-11-23(21(13-19)17(5)6)25-24-12-10-20(16(3)4)14-22(24)18(7)8/h9-18H,1-8H3/q+1. The molecule has 25 heavy (non-hydrogen) atoms. The molecule has 136 valence electrons. The first-order valence-corrected chi connectivity index (χ1v) is 11.8. The summed E-state index contributed by atoms with van der Waals surface area (Å²) < 4.78 is 3.19. The molecule has 0 heterocycles. The Morgan fingerprint density at radius 1 is 0.520 bits per heavy atom. The van der Waals surface area contributed by atoms with E-state index in [0.717, 1.165) is 0 Å². The van der Waals surface area contributed by atoms with E-state index >= 15 is 0 Å². The van der Waals surface area contributed by atoms with Crippen molar-refractivity contribution in [3.8, 4) is 0 Å². The van der Waals surface area contributed by atoms with Gasteiger partial charge >= 0.3 is 21.2 Å². The van der Waals surface area contributed by atoms with E-state index in [1.807, 2.05) is 0 Å². The molecule has 0 saturated heterocycles. The topological polar surface area (TPSA) is 0 Å². The van der Waals surface area contributed by atoms with E-state index in [2.05, 4.69) is 91.8 Å². The van der Waals surface area contributed by atoms with Crippen molar-refractivity contribution in [2.75, 3.05) is 0 Å². The summed E-state index contributed by atoms with van der Waals surface area (Å²) in [5.41, 5.74) is 6.05. The van der Waals surface area contributed by atoms with Crippen molar-refractivity contribution in [3.05, 3.63) is 65.8 Å². The zero-order valence-corrected chi connectivity index (χ0v) is 19.3. The second kappa shape index (κ2) is 8.70. The first-order valence-electron chi connectivity index (χ1n) is 9.63. The van der Waals surface area contributed by atoms with E-state index < -0.39 is 0 Å². The van der Waals surface area contributed by atoms with Gasteiger partial charge < -0.3 is 0 Å². The second-order valence-electron chi connectivity index (χ2n) is 8.28. The van der Waals surface area contributed by atoms with E-state index in [-0.39, 0.29) is 21.2 Å². The minimum atomic E-state index is -0.147. The van der Waals surface area contributed by atoms with Crippen LogP contribution in [-0.4, -0.2) is 0 Å². The van der Waals surface area contributed by atoms with Crippen LogP contribution in [0.4, 0.5) is 0 Å². The summed E-state index contributed by atoms with van der Waals surface area (Å²) >= 11 is -0.147. The third-order valence-electron chi connectivity index (χ3n) is 4.82. The number of rotatable bonds is 6. The molecule has 0 aliphatic carbocycles. The normalized spacial score (nSPS) is 12.0. The number of hydrogen-bond acceptors (Lipinski definition) is 0. The van der Waals surface area contributed by atoms with Gasteiger partial charge in [-0.25, -0.2) is 0 Å². The van der Waals surface area contributed by atoms with Crippen molar-refractivity contribution < 1.29 is 21.2 Å². The molecular weight excluding hydrogens is 415 g/mol. The lowest BCUT2D eigenvalue weighted by atomic mass is 9.96. The number of halogens is 1. The molecular formula is C24H34I+.